The standard InChI is InChI=1S/C12H20S2/c1-3-10-6-9(2)7-11(8-10)12-13-4-5-14-12/h9-10H,3-8H2,1-2H3. The smallest absolute Gasteiger partial charge is 0.0393 e. The fourth-order valence-corrected chi connectivity index (χ4v) is 5.19. The van der Waals surface area contributed by atoms with Gasteiger partial charge in [-0.3, -0.25) is 0 Å². The summed E-state index contributed by atoms with van der Waals surface area (Å²) in [6.07, 6.45) is 5.61. The van der Waals surface area contributed by atoms with E-state index in [9.17, 15) is 0 Å². The lowest BCUT2D eigenvalue weighted by Gasteiger charge is -2.29. The third kappa shape index (κ3) is 2.52. The van der Waals surface area contributed by atoms with Crippen molar-refractivity contribution >= 4 is 23.5 Å². The van der Waals surface area contributed by atoms with Crippen LogP contribution in [0.25, 0.3) is 0 Å². The van der Waals surface area contributed by atoms with Crippen LogP contribution in [0.5, 0.6) is 0 Å². The molecule has 0 bridgehead atoms. The Morgan fingerprint density at radius 3 is 2.57 bits per heavy atom. The zero-order valence-electron chi connectivity index (χ0n) is 9.21. The molecule has 1 heterocycles. The van der Waals surface area contributed by atoms with Gasteiger partial charge >= 0.3 is 0 Å². The van der Waals surface area contributed by atoms with Crippen LogP contribution in [0.4, 0.5) is 0 Å². The van der Waals surface area contributed by atoms with E-state index in [1.54, 1.807) is 9.81 Å². The predicted octanol–water partition coefficient (Wildman–Crippen LogP) is 4.52. The number of allylic oxidation sites excluding steroid dienone is 1. The third-order valence-corrected chi connectivity index (χ3v) is 6.17. The van der Waals surface area contributed by atoms with E-state index in [0.29, 0.717) is 0 Å². The van der Waals surface area contributed by atoms with Crippen molar-refractivity contribution in [3.8, 4) is 0 Å². The molecule has 0 spiro atoms. The highest BCUT2D eigenvalue weighted by Gasteiger charge is 2.24. The molecule has 0 N–H and O–H groups in total. The van der Waals surface area contributed by atoms with Crippen molar-refractivity contribution in [2.45, 2.75) is 39.5 Å². The molecular formula is C12H20S2. The van der Waals surface area contributed by atoms with E-state index in [1.807, 2.05) is 0 Å². The lowest BCUT2D eigenvalue weighted by Crippen LogP contribution is -2.15. The van der Waals surface area contributed by atoms with Crippen LogP contribution in [0.1, 0.15) is 39.5 Å². The van der Waals surface area contributed by atoms with Crippen LogP contribution < -0.4 is 0 Å². The molecule has 0 aromatic rings. The molecule has 2 fully saturated rings. The zero-order valence-corrected chi connectivity index (χ0v) is 10.8. The largest absolute Gasteiger partial charge is 0.118 e. The maximum Gasteiger partial charge on any atom is 0.0393 e. The molecule has 1 saturated heterocycles. The molecule has 0 nitrogen and oxygen atoms in total. The van der Waals surface area contributed by atoms with E-state index < -0.39 is 0 Å². The van der Waals surface area contributed by atoms with E-state index in [0.717, 1.165) is 11.8 Å². The summed E-state index contributed by atoms with van der Waals surface area (Å²) in [7, 11) is 0. The second-order valence-electron chi connectivity index (χ2n) is 4.61. The lowest BCUT2D eigenvalue weighted by atomic mass is 9.79. The van der Waals surface area contributed by atoms with Crippen molar-refractivity contribution in [1.82, 2.24) is 0 Å². The zero-order chi connectivity index (χ0) is 9.97. The number of hydrogen-bond donors (Lipinski definition) is 0. The summed E-state index contributed by atoms with van der Waals surface area (Å²) in [6.45, 7) is 4.77. The highest BCUT2D eigenvalue weighted by Crippen LogP contribution is 2.45. The Hall–Kier alpha value is 0.440. The molecule has 0 radical (unpaired) electrons. The van der Waals surface area contributed by atoms with Gasteiger partial charge in [0, 0.05) is 15.7 Å². The van der Waals surface area contributed by atoms with Crippen LogP contribution in [0.3, 0.4) is 0 Å². The average Bonchev–Trinajstić information content (AvgIpc) is 2.69. The molecule has 2 unspecified atom stereocenters. The average molecular weight is 228 g/mol. The molecule has 0 amide bonds. The minimum Gasteiger partial charge on any atom is -0.118 e. The SMILES string of the molecule is CCC1CC(=C2SCCS2)CC(C)C1. The summed E-state index contributed by atoms with van der Waals surface area (Å²) in [5.41, 5.74) is 1.79. The molecule has 2 atom stereocenters. The van der Waals surface area contributed by atoms with Crippen LogP contribution >= 0.6 is 23.5 Å². The highest BCUT2D eigenvalue weighted by molar-refractivity contribution is 8.25. The molecule has 2 heteroatoms. The first kappa shape index (κ1) is 10.9. The van der Waals surface area contributed by atoms with Gasteiger partial charge in [0.2, 0.25) is 0 Å². The molecule has 1 saturated carbocycles. The third-order valence-electron chi connectivity index (χ3n) is 3.28. The Labute approximate surface area is 96.3 Å². The number of rotatable bonds is 1. The number of hydrogen-bond acceptors (Lipinski definition) is 2. The highest BCUT2D eigenvalue weighted by atomic mass is 32.2. The minimum absolute atomic E-state index is 0.929. The van der Waals surface area contributed by atoms with Gasteiger partial charge in [0.05, 0.1) is 0 Å². The van der Waals surface area contributed by atoms with Crippen molar-refractivity contribution in [3.05, 3.63) is 9.81 Å². The molecule has 0 aromatic heterocycles. The van der Waals surface area contributed by atoms with Crippen molar-refractivity contribution in [2.75, 3.05) is 11.5 Å². The summed E-state index contributed by atoms with van der Waals surface area (Å²) >= 11 is 4.21. The monoisotopic (exact) mass is 228 g/mol. The number of thioether (sulfide) groups is 2. The van der Waals surface area contributed by atoms with E-state index in [1.165, 1.54) is 37.2 Å². The first-order valence-corrected chi connectivity index (χ1v) is 7.74. The van der Waals surface area contributed by atoms with Crippen molar-refractivity contribution in [2.24, 2.45) is 11.8 Å². The van der Waals surface area contributed by atoms with Gasteiger partial charge in [-0.05, 0) is 36.7 Å². The minimum atomic E-state index is 0.929. The van der Waals surface area contributed by atoms with Gasteiger partial charge in [-0.1, -0.05) is 20.3 Å². The Morgan fingerprint density at radius 2 is 1.93 bits per heavy atom. The maximum absolute atomic E-state index is 2.42. The molecular weight excluding hydrogens is 208 g/mol. The maximum atomic E-state index is 2.42. The summed E-state index contributed by atoms with van der Waals surface area (Å²) in [4.78, 5) is 0. The molecule has 2 aliphatic rings. The van der Waals surface area contributed by atoms with Crippen LogP contribution in [0.15, 0.2) is 9.81 Å². The quantitative estimate of drug-likeness (QED) is 0.647. The molecule has 14 heavy (non-hydrogen) atoms. The van der Waals surface area contributed by atoms with E-state index >= 15 is 0 Å². The van der Waals surface area contributed by atoms with Crippen molar-refractivity contribution in [3.63, 3.8) is 0 Å². The predicted molar refractivity (Wildman–Crippen MR) is 68.7 cm³/mol. The molecule has 80 valence electrons. The van der Waals surface area contributed by atoms with Crippen molar-refractivity contribution < 1.29 is 0 Å². The Morgan fingerprint density at radius 1 is 1.21 bits per heavy atom. The van der Waals surface area contributed by atoms with Gasteiger partial charge in [-0.15, -0.1) is 23.5 Å². The van der Waals surface area contributed by atoms with Gasteiger partial charge in [-0.25, -0.2) is 0 Å². The van der Waals surface area contributed by atoms with Gasteiger partial charge in [0.15, 0.2) is 0 Å². The summed E-state index contributed by atoms with van der Waals surface area (Å²) in [5, 5.41) is 0. The molecule has 2 rings (SSSR count). The molecule has 1 aliphatic heterocycles. The van der Waals surface area contributed by atoms with Crippen molar-refractivity contribution in [1.29, 1.82) is 0 Å². The first-order chi connectivity index (χ1) is 6.79. The van der Waals surface area contributed by atoms with E-state index in [-0.39, 0.29) is 0 Å². The topological polar surface area (TPSA) is 0 Å². The fourth-order valence-electron chi connectivity index (χ4n) is 2.58. The molecule has 1 aliphatic carbocycles. The van der Waals surface area contributed by atoms with Crippen LogP contribution in [0.2, 0.25) is 0 Å². The second kappa shape index (κ2) is 4.98. The van der Waals surface area contributed by atoms with Gasteiger partial charge in [-0.2, -0.15) is 0 Å². The summed E-state index contributed by atoms with van der Waals surface area (Å²) in [6, 6.07) is 0. The Bertz CT molecular complexity index is 224. The Kier molecular flexibility index (Phi) is 3.89. The molecule has 0 aromatic carbocycles. The van der Waals surface area contributed by atoms with E-state index in [2.05, 4.69) is 37.4 Å². The first-order valence-electron chi connectivity index (χ1n) is 5.77. The van der Waals surface area contributed by atoms with E-state index in [4.69, 9.17) is 0 Å². The summed E-state index contributed by atoms with van der Waals surface area (Å²) < 4.78 is 1.69. The Balaban J connectivity index is 2.07. The summed E-state index contributed by atoms with van der Waals surface area (Å²) in [5.74, 6) is 4.59. The van der Waals surface area contributed by atoms with Crippen LogP contribution in [-0.4, -0.2) is 11.5 Å². The van der Waals surface area contributed by atoms with Crippen LogP contribution in [-0.2, 0) is 0 Å². The van der Waals surface area contributed by atoms with Crippen LogP contribution in [0, 0.1) is 11.8 Å². The fraction of sp³-hybridized carbons (Fsp3) is 0.833. The normalized spacial score (nSPS) is 33.9. The lowest BCUT2D eigenvalue weighted by molar-refractivity contribution is 0.329. The van der Waals surface area contributed by atoms with Gasteiger partial charge in [0.1, 0.15) is 0 Å². The second-order valence-corrected chi connectivity index (χ2v) is 7.08. The van der Waals surface area contributed by atoms with Gasteiger partial charge in [0.25, 0.3) is 0 Å². The van der Waals surface area contributed by atoms with Gasteiger partial charge < -0.3 is 0 Å².